The quantitative estimate of drug-likeness (QED) is 0.364. The van der Waals surface area contributed by atoms with E-state index in [2.05, 4.69) is 0 Å². The molecule has 0 spiro atoms. The molecule has 0 amide bonds. The van der Waals surface area contributed by atoms with Crippen molar-refractivity contribution in [1.29, 1.82) is 0 Å². The normalized spacial score (nSPS) is 2.45. The summed E-state index contributed by atoms with van der Waals surface area (Å²) in [6.07, 6.45) is 0. The van der Waals surface area contributed by atoms with Crippen LogP contribution in [0.4, 0.5) is 0 Å². The molecule has 0 fully saturated rings. The molecule has 0 aliphatic rings. The zero-order valence-corrected chi connectivity index (χ0v) is 6.11. The third-order valence-electron chi connectivity index (χ3n) is 0. The molecule has 79 valence electrons. The summed E-state index contributed by atoms with van der Waals surface area (Å²) < 4.78 is 0. The van der Waals surface area contributed by atoms with Gasteiger partial charge in [-0.05, 0) is 0 Å². The van der Waals surface area contributed by atoms with E-state index in [-0.39, 0.29) is 49.3 Å². The van der Waals surface area contributed by atoms with Crippen LogP contribution in [0.15, 0.2) is 0 Å². The van der Waals surface area contributed by atoms with Gasteiger partial charge in [-0.25, -0.2) is 0 Å². The van der Waals surface area contributed by atoms with Crippen LogP contribution in [0.1, 0.15) is 0 Å². The fraction of sp³-hybridized carbons (Fsp3) is 0. The zero-order valence-electron chi connectivity index (χ0n) is 5.12. The standard InChI is InChI=1S/BO3.Ni.6H2O/c2-1(3)4;;;;;;;/h;;6*1H2/q-3;+3;;;;;;. The Hall–Kier alpha value is 0.198. The van der Waals surface area contributed by atoms with Crippen molar-refractivity contribution in [3.63, 3.8) is 0 Å². The van der Waals surface area contributed by atoms with Crippen LogP contribution in [0.25, 0.3) is 0 Å². The molecule has 1 radical (unpaired) electrons. The van der Waals surface area contributed by atoms with Gasteiger partial charge in [0.1, 0.15) is 0 Å². The van der Waals surface area contributed by atoms with Crippen LogP contribution < -0.4 is 15.1 Å². The first-order chi connectivity index (χ1) is 1.73. The Morgan fingerprint density at radius 3 is 0.545 bits per heavy atom. The Morgan fingerprint density at radius 2 is 0.545 bits per heavy atom. The molecule has 0 atom stereocenters. The minimum Gasteiger partial charge on any atom is -0.907 e. The second kappa shape index (κ2) is 84.4. The molecule has 0 aliphatic carbocycles. The summed E-state index contributed by atoms with van der Waals surface area (Å²) in [5.41, 5.74) is 0. The Balaban J connectivity index is -0.00000000214. The van der Waals surface area contributed by atoms with Crippen LogP contribution in [-0.2, 0) is 16.5 Å². The molecule has 0 rings (SSSR count). The van der Waals surface area contributed by atoms with Gasteiger partial charge in [0.2, 0.25) is 0 Å². The van der Waals surface area contributed by atoms with Crippen molar-refractivity contribution in [2.75, 3.05) is 0 Å². The molecular formula is H12BNiO9. The summed E-state index contributed by atoms with van der Waals surface area (Å²) in [5, 5.41) is 25.2. The van der Waals surface area contributed by atoms with Gasteiger partial charge in [-0.2, -0.15) is 0 Å². The predicted molar refractivity (Wildman–Crippen MR) is 27.4 cm³/mol. The van der Waals surface area contributed by atoms with Gasteiger partial charge in [-0.1, -0.05) is 0 Å². The van der Waals surface area contributed by atoms with Gasteiger partial charge in [0.05, 0.1) is 0 Å². The van der Waals surface area contributed by atoms with Crippen LogP contribution >= 0.6 is 0 Å². The van der Waals surface area contributed by atoms with Crippen molar-refractivity contribution >= 4 is 7.32 Å². The first-order valence-electron chi connectivity index (χ1n) is 0.707. The van der Waals surface area contributed by atoms with Crippen LogP contribution in [-0.4, -0.2) is 40.2 Å². The summed E-state index contributed by atoms with van der Waals surface area (Å²) in [6, 6.07) is 0. The minimum absolute atomic E-state index is 0. The third kappa shape index (κ3) is 17400. The molecule has 11 heavy (non-hydrogen) atoms. The molecule has 0 saturated carbocycles. The molecule has 0 aromatic carbocycles. The first kappa shape index (κ1) is 114. The van der Waals surface area contributed by atoms with E-state index in [9.17, 15) is 0 Å². The van der Waals surface area contributed by atoms with E-state index in [4.69, 9.17) is 15.1 Å². The van der Waals surface area contributed by atoms with E-state index in [0.717, 1.165) is 0 Å². The zero-order chi connectivity index (χ0) is 3.58. The number of hydrogen-bond donors (Lipinski definition) is 0. The summed E-state index contributed by atoms with van der Waals surface area (Å²) in [6.45, 7) is 0. The second-order valence-electron chi connectivity index (χ2n) is 0.289. The Kier molecular flexibility index (Phi) is 873. The van der Waals surface area contributed by atoms with Gasteiger partial charge < -0.3 is 47.9 Å². The summed E-state index contributed by atoms with van der Waals surface area (Å²) in [4.78, 5) is 0. The maximum absolute atomic E-state index is 8.42. The monoisotopic (exact) mass is 225 g/mol. The van der Waals surface area contributed by atoms with Gasteiger partial charge >= 0.3 is 16.5 Å². The van der Waals surface area contributed by atoms with E-state index >= 15 is 0 Å². The summed E-state index contributed by atoms with van der Waals surface area (Å²) in [7, 11) is -2.92. The largest absolute Gasteiger partial charge is 3.00 e. The number of hydrogen-bond acceptors (Lipinski definition) is 3. The SMILES string of the molecule is O.O.O.O.O.O.[Ni+3].[O-]B([O-])[O-]. The van der Waals surface area contributed by atoms with E-state index in [1.165, 1.54) is 0 Å². The molecule has 0 aromatic heterocycles. The van der Waals surface area contributed by atoms with Crippen molar-refractivity contribution in [2.24, 2.45) is 0 Å². The van der Waals surface area contributed by atoms with Gasteiger partial charge in [0.15, 0.2) is 0 Å². The Labute approximate surface area is 72.6 Å². The van der Waals surface area contributed by atoms with Crippen molar-refractivity contribution < 1.29 is 64.4 Å². The van der Waals surface area contributed by atoms with Crippen LogP contribution in [0.2, 0.25) is 0 Å². The summed E-state index contributed by atoms with van der Waals surface area (Å²) >= 11 is 0. The minimum atomic E-state index is -2.92. The average molecular weight is 226 g/mol. The molecule has 0 aromatic rings. The molecule has 0 aliphatic heterocycles. The van der Waals surface area contributed by atoms with Crippen molar-refractivity contribution in [3.05, 3.63) is 0 Å². The predicted octanol–water partition coefficient (Wildman–Crippen LogP) is -8.90. The van der Waals surface area contributed by atoms with Gasteiger partial charge in [-0.15, -0.1) is 0 Å². The third-order valence-corrected chi connectivity index (χ3v) is 0. The van der Waals surface area contributed by atoms with Crippen molar-refractivity contribution in [2.45, 2.75) is 0 Å². The smallest absolute Gasteiger partial charge is 0.907 e. The van der Waals surface area contributed by atoms with Crippen LogP contribution in [0.5, 0.6) is 0 Å². The van der Waals surface area contributed by atoms with Crippen molar-refractivity contribution in [1.82, 2.24) is 0 Å². The fourth-order valence-corrected chi connectivity index (χ4v) is 0. The van der Waals surface area contributed by atoms with E-state index in [1.54, 1.807) is 0 Å². The molecule has 12 N–H and O–H groups in total. The first-order valence-corrected chi connectivity index (χ1v) is 0.707. The topological polar surface area (TPSA) is 258 Å². The van der Waals surface area contributed by atoms with E-state index in [0.29, 0.717) is 0 Å². The average Bonchev–Trinajstić information content (AvgIpc) is 0.811. The Bertz CT molecular complexity index is 14.3. The molecule has 11 heteroatoms. The van der Waals surface area contributed by atoms with E-state index in [1.807, 2.05) is 0 Å². The van der Waals surface area contributed by atoms with Crippen LogP contribution in [0, 0.1) is 0 Å². The summed E-state index contributed by atoms with van der Waals surface area (Å²) in [5.74, 6) is 0. The van der Waals surface area contributed by atoms with Gasteiger partial charge in [0, 0.05) is 0 Å². The molecule has 0 bridgehead atoms. The molecule has 0 heterocycles. The van der Waals surface area contributed by atoms with Gasteiger partial charge in [-0.3, -0.25) is 7.32 Å². The molecule has 0 unspecified atom stereocenters. The molecular weight excluding hydrogens is 213 g/mol. The van der Waals surface area contributed by atoms with Gasteiger partial charge in [0.25, 0.3) is 0 Å². The maximum Gasteiger partial charge on any atom is 3.00 e. The molecule has 0 saturated heterocycles. The Morgan fingerprint density at radius 1 is 0.545 bits per heavy atom. The van der Waals surface area contributed by atoms with Crippen molar-refractivity contribution in [3.8, 4) is 0 Å². The van der Waals surface area contributed by atoms with E-state index < -0.39 is 7.32 Å². The van der Waals surface area contributed by atoms with Crippen LogP contribution in [0.3, 0.4) is 0 Å². The number of rotatable bonds is 0. The second-order valence-corrected chi connectivity index (χ2v) is 0.289. The maximum atomic E-state index is 8.42. The fourth-order valence-electron chi connectivity index (χ4n) is 0. The molecule has 9 nitrogen and oxygen atoms in total.